The molecule has 0 bridgehead atoms. The molecule has 10 heavy (non-hydrogen) atoms. The van der Waals surface area contributed by atoms with Crippen LogP contribution in [0, 0.1) is 5.92 Å². The van der Waals surface area contributed by atoms with Gasteiger partial charge in [-0.3, -0.25) is 0 Å². The minimum Gasteiger partial charge on any atom is -0.381 e. The normalized spacial score (nSPS) is 25.9. The molecule has 0 aromatic rings. The molecule has 1 aliphatic carbocycles. The first kappa shape index (κ1) is 7.64. The highest BCUT2D eigenvalue weighted by molar-refractivity contribution is 5.06. The van der Waals surface area contributed by atoms with Gasteiger partial charge in [-0.05, 0) is 25.2 Å². The molecular weight excluding hydrogens is 122 g/mol. The second kappa shape index (κ2) is 3.09. The lowest BCUT2D eigenvalue weighted by Crippen LogP contribution is -2.19. The van der Waals surface area contributed by atoms with E-state index < -0.39 is 0 Å². The summed E-state index contributed by atoms with van der Waals surface area (Å²) in [6.07, 6.45) is 6.38. The van der Waals surface area contributed by atoms with Crippen molar-refractivity contribution in [1.29, 1.82) is 0 Å². The van der Waals surface area contributed by atoms with E-state index in [-0.39, 0.29) is 0 Å². The van der Waals surface area contributed by atoms with Crippen LogP contribution in [0.1, 0.15) is 26.2 Å². The van der Waals surface area contributed by atoms with Crippen LogP contribution in [-0.4, -0.2) is 19.0 Å². The second-order valence-corrected chi connectivity index (χ2v) is 3.36. The monoisotopic (exact) mass is 139 g/mol. The van der Waals surface area contributed by atoms with Gasteiger partial charge in [0, 0.05) is 19.8 Å². The van der Waals surface area contributed by atoms with Gasteiger partial charge in [-0.1, -0.05) is 13.0 Å². The summed E-state index contributed by atoms with van der Waals surface area (Å²) in [5.41, 5.74) is 1.52. The summed E-state index contributed by atoms with van der Waals surface area (Å²) in [7, 11) is 4.27. The Hall–Kier alpha value is -0.460. The lowest BCUT2D eigenvalue weighted by atomic mass is 9.93. The molecule has 0 saturated carbocycles. The Morgan fingerprint density at radius 2 is 2.20 bits per heavy atom. The van der Waals surface area contributed by atoms with Gasteiger partial charge in [0.05, 0.1) is 0 Å². The number of hydrogen-bond acceptors (Lipinski definition) is 1. The summed E-state index contributed by atoms with van der Waals surface area (Å²) < 4.78 is 0. The van der Waals surface area contributed by atoms with E-state index in [1.165, 1.54) is 25.0 Å². The fourth-order valence-corrected chi connectivity index (χ4v) is 1.65. The minimum atomic E-state index is 0.781. The lowest BCUT2D eigenvalue weighted by molar-refractivity contribution is 0.392. The van der Waals surface area contributed by atoms with Crippen LogP contribution >= 0.6 is 0 Å². The Morgan fingerprint density at radius 3 is 2.60 bits per heavy atom. The SMILES string of the molecule is CC1CCCC=C1N(C)C. The molecule has 0 radical (unpaired) electrons. The maximum Gasteiger partial charge on any atom is 0.0116 e. The Morgan fingerprint density at radius 1 is 1.50 bits per heavy atom. The van der Waals surface area contributed by atoms with Crippen LogP contribution in [0.2, 0.25) is 0 Å². The molecule has 0 heterocycles. The standard InChI is InChI=1S/C9H17N/c1-8-6-4-5-7-9(8)10(2)3/h7-8H,4-6H2,1-3H3. The van der Waals surface area contributed by atoms with Crippen molar-refractivity contribution in [2.24, 2.45) is 5.92 Å². The van der Waals surface area contributed by atoms with Crippen molar-refractivity contribution >= 4 is 0 Å². The maximum atomic E-state index is 2.37. The number of allylic oxidation sites excluding steroid dienone is 2. The predicted octanol–water partition coefficient (Wildman–Crippen LogP) is 2.25. The molecule has 1 heteroatoms. The summed E-state index contributed by atoms with van der Waals surface area (Å²) in [5.74, 6) is 0.781. The molecule has 0 spiro atoms. The van der Waals surface area contributed by atoms with Gasteiger partial charge in [-0.2, -0.15) is 0 Å². The lowest BCUT2D eigenvalue weighted by Gasteiger charge is -2.26. The molecule has 1 rings (SSSR count). The first-order valence-corrected chi connectivity index (χ1v) is 4.09. The van der Waals surface area contributed by atoms with Crippen molar-refractivity contribution in [2.45, 2.75) is 26.2 Å². The fourth-order valence-electron chi connectivity index (χ4n) is 1.65. The third-order valence-electron chi connectivity index (χ3n) is 2.22. The van der Waals surface area contributed by atoms with E-state index in [4.69, 9.17) is 0 Å². The van der Waals surface area contributed by atoms with Crippen molar-refractivity contribution in [3.63, 3.8) is 0 Å². The van der Waals surface area contributed by atoms with Crippen LogP contribution in [0.3, 0.4) is 0 Å². The molecule has 1 atom stereocenters. The molecule has 0 aromatic carbocycles. The second-order valence-electron chi connectivity index (χ2n) is 3.36. The molecule has 1 nitrogen and oxygen atoms in total. The highest BCUT2D eigenvalue weighted by atomic mass is 15.1. The highest BCUT2D eigenvalue weighted by Crippen LogP contribution is 2.24. The summed E-state index contributed by atoms with van der Waals surface area (Å²) in [5, 5.41) is 0. The van der Waals surface area contributed by atoms with E-state index >= 15 is 0 Å². The largest absolute Gasteiger partial charge is 0.381 e. The number of nitrogens with zero attached hydrogens (tertiary/aromatic N) is 1. The van der Waals surface area contributed by atoms with E-state index in [2.05, 4.69) is 32.0 Å². The van der Waals surface area contributed by atoms with E-state index in [1.807, 2.05) is 0 Å². The molecule has 58 valence electrons. The Bertz CT molecular complexity index is 136. The van der Waals surface area contributed by atoms with Crippen molar-refractivity contribution in [2.75, 3.05) is 14.1 Å². The van der Waals surface area contributed by atoms with Crippen molar-refractivity contribution in [3.05, 3.63) is 11.8 Å². The molecule has 0 aromatic heterocycles. The summed E-state index contributed by atoms with van der Waals surface area (Å²) in [4.78, 5) is 2.24. The maximum absolute atomic E-state index is 2.37. The molecule has 0 amide bonds. The predicted molar refractivity (Wildman–Crippen MR) is 44.8 cm³/mol. The zero-order chi connectivity index (χ0) is 7.56. The third kappa shape index (κ3) is 1.53. The topological polar surface area (TPSA) is 3.24 Å². The van der Waals surface area contributed by atoms with Crippen LogP contribution < -0.4 is 0 Å². The van der Waals surface area contributed by atoms with Gasteiger partial charge in [0.1, 0.15) is 0 Å². The van der Waals surface area contributed by atoms with Crippen molar-refractivity contribution in [3.8, 4) is 0 Å². The van der Waals surface area contributed by atoms with E-state index in [1.54, 1.807) is 0 Å². The zero-order valence-corrected chi connectivity index (χ0v) is 7.22. The third-order valence-corrected chi connectivity index (χ3v) is 2.22. The molecule has 1 aliphatic rings. The van der Waals surface area contributed by atoms with Crippen LogP contribution in [0.15, 0.2) is 11.8 Å². The van der Waals surface area contributed by atoms with E-state index in [0.717, 1.165) is 5.92 Å². The average molecular weight is 139 g/mol. The van der Waals surface area contributed by atoms with Crippen molar-refractivity contribution < 1.29 is 0 Å². The fraction of sp³-hybridized carbons (Fsp3) is 0.778. The van der Waals surface area contributed by atoms with Crippen LogP contribution in [0.4, 0.5) is 0 Å². The van der Waals surface area contributed by atoms with Crippen molar-refractivity contribution in [1.82, 2.24) is 4.90 Å². The van der Waals surface area contributed by atoms with Gasteiger partial charge >= 0.3 is 0 Å². The quantitative estimate of drug-likeness (QED) is 0.538. The van der Waals surface area contributed by atoms with Crippen LogP contribution in [-0.2, 0) is 0 Å². The molecule has 0 saturated heterocycles. The van der Waals surface area contributed by atoms with Gasteiger partial charge in [0.15, 0.2) is 0 Å². The van der Waals surface area contributed by atoms with Crippen LogP contribution in [0.5, 0.6) is 0 Å². The minimum absolute atomic E-state index is 0.781. The molecule has 1 unspecified atom stereocenters. The summed E-state index contributed by atoms with van der Waals surface area (Å²) in [6, 6.07) is 0. The molecule has 0 N–H and O–H groups in total. The Labute approximate surface area is 63.7 Å². The van der Waals surface area contributed by atoms with Gasteiger partial charge in [0.2, 0.25) is 0 Å². The molecular formula is C9H17N. The average Bonchev–Trinajstić information content (AvgIpc) is 1.88. The van der Waals surface area contributed by atoms with Gasteiger partial charge in [-0.15, -0.1) is 0 Å². The summed E-state index contributed by atoms with van der Waals surface area (Å²) >= 11 is 0. The smallest absolute Gasteiger partial charge is 0.0116 e. The first-order chi connectivity index (χ1) is 4.72. The summed E-state index contributed by atoms with van der Waals surface area (Å²) in [6.45, 7) is 2.31. The van der Waals surface area contributed by atoms with E-state index in [9.17, 15) is 0 Å². The molecule has 0 aliphatic heterocycles. The first-order valence-electron chi connectivity index (χ1n) is 4.09. The van der Waals surface area contributed by atoms with Gasteiger partial charge in [0.25, 0.3) is 0 Å². The highest BCUT2D eigenvalue weighted by Gasteiger charge is 2.13. The van der Waals surface area contributed by atoms with E-state index in [0.29, 0.717) is 0 Å². The van der Waals surface area contributed by atoms with Gasteiger partial charge in [-0.25, -0.2) is 0 Å². The van der Waals surface area contributed by atoms with Crippen LogP contribution in [0.25, 0.3) is 0 Å². The number of hydrogen-bond donors (Lipinski definition) is 0. The number of rotatable bonds is 1. The Balaban J connectivity index is 2.61. The zero-order valence-electron chi connectivity index (χ0n) is 7.22. The van der Waals surface area contributed by atoms with Gasteiger partial charge < -0.3 is 4.90 Å². The molecule has 0 fully saturated rings. The Kier molecular flexibility index (Phi) is 2.36.